The van der Waals surface area contributed by atoms with Crippen LogP contribution in [0.15, 0.2) is 42.5 Å². The van der Waals surface area contributed by atoms with Crippen LogP contribution in [-0.4, -0.2) is 35.7 Å². The second kappa shape index (κ2) is 7.21. The maximum absolute atomic E-state index is 14.4. The number of hydrogen-bond donors (Lipinski definition) is 2. The van der Waals surface area contributed by atoms with E-state index in [-0.39, 0.29) is 18.6 Å². The SMILES string of the molecule is O=C(O)CC1(NC(=O)c2ccc(-c3ccc(F)cc3)cc2F)CCOC1. The molecule has 1 saturated heterocycles. The number of aliphatic carboxylic acids is 1. The fourth-order valence-corrected chi connectivity index (χ4v) is 3.01. The zero-order chi connectivity index (χ0) is 18.7. The van der Waals surface area contributed by atoms with Crippen molar-refractivity contribution < 1.29 is 28.2 Å². The first-order chi connectivity index (χ1) is 12.4. The van der Waals surface area contributed by atoms with E-state index in [0.29, 0.717) is 24.2 Å². The van der Waals surface area contributed by atoms with E-state index < -0.39 is 29.0 Å². The van der Waals surface area contributed by atoms with E-state index in [1.54, 1.807) is 6.07 Å². The highest BCUT2D eigenvalue weighted by molar-refractivity contribution is 5.95. The van der Waals surface area contributed by atoms with Crippen molar-refractivity contribution in [1.82, 2.24) is 5.32 Å². The van der Waals surface area contributed by atoms with Crippen molar-refractivity contribution in [1.29, 1.82) is 0 Å². The second-order valence-corrected chi connectivity index (χ2v) is 6.31. The number of carboxylic acid groups (broad SMARTS) is 1. The zero-order valence-corrected chi connectivity index (χ0v) is 13.8. The van der Waals surface area contributed by atoms with Gasteiger partial charge < -0.3 is 15.2 Å². The third-order valence-electron chi connectivity index (χ3n) is 4.36. The number of nitrogens with one attached hydrogen (secondary N) is 1. The average Bonchev–Trinajstić information content (AvgIpc) is 3.02. The highest BCUT2D eigenvalue weighted by Crippen LogP contribution is 2.25. The summed E-state index contributed by atoms with van der Waals surface area (Å²) < 4.78 is 32.6. The van der Waals surface area contributed by atoms with Gasteiger partial charge in [-0.15, -0.1) is 0 Å². The summed E-state index contributed by atoms with van der Waals surface area (Å²) in [5, 5.41) is 11.7. The number of ether oxygens (including phenoxy) is 1. The lowest BCUT2D eigenvalue weighted by Crippen LogP contribution is -2.50. The number of rotatable bonds is 5. The van der Waals surface area contributed by atoms with Gasteiger partial charge in [-0.2, -0.15) is 0 Å². The lowest BCUT2D eigenvalue weighted by atomic mass is 9.93. The lowest BCUT2D eigenvalue weighted by molar-refractivity contribution is -0.138. The van der Waals surface area contributed by atoms with Gasteiger partial charge in [-0.05, 0) is 41.8 Å². The van der Waals surface area contributed by atoms with Gasteiger partial charge in [0.05, 0.1) is 24.1 Å². The third kappa shape index (κ3) is 3.88. The number of benzene rings is 2. The average molecular weight is 361 g/mol. The molecule has 1 amide bonds. The van der Waals surface area contributed by atoms with Crippen LogP contribution in [0, 0.1) is 11.6 Å². The maximum atomic E-state index is 14.4. The van der Waals surface area contributed by atoms with Crippen LogP contribution in [0.4, 0.5) is 8.78 Å². The Morgan fingerprint density at radius 2 is 1.81 bits per heavy atom. The van der Waals surface area contributed by atoms with Gasteiger partial charge in [-0.1, -0.05) is 18.2 Å². The summed E-state index contributed by atoms with van der Waals surface area (Å²) in [6, 6.07) is 9.64. The number of halogens is 2. The van der Waals surface area contributed by atoms with Crippen LogP contribution in [-0.2, 0) is 9.53 Å². The molecule has 2 N–H and O–H groups in total. The van der Waals surface area contributed by atoms with Crippen LogP contribution in [0.5, 0.6) is 0 Å². The normalized spacial score (nSPS) is 19.3. The van der Waals surface area contributed by atoms with E-state index in [1.807, 2.05) is 0 Å². The first kappa shape index (κ1) is 18.0. The number of hydrogen-bond acceptors (Lipinski definition) is 3. The van der Waals surface area contributed by atoms with Crippen molar-refractivity contribution >= 4 is 11.9 Å². The van der Waals surface area contributed by atoms with Crippen molar-refractivity contribution in [3.05, 3.63) is 59.7 Å². The van der Waals surface area contributed by atoms with Gasteiger partial charge in [0.2, 0.25) is 0 Å². The lowest BCUT2D eigenvalue weighted by Gasteiger charge is -2.27. The van der Waals surface area contributed by atoms with E-state index in [4.69, 9.17) is 9.84 Å². The standard InChI is InChI=1S/C19H17F2NO4/c20-14-4-1-12(2-5-14)13-3-6-15(16(21)9-13)18(25)22-19(10-17(23)24)7-8-26-11-19/h1-6,9H,7-8,10-11H2,(H,22,25)(H,23,24). The van der Waals surface area contributed by atoms with E-state index in [1.165, 1.54) is 36.4 Å². The Labute approximate surface area is 148 Å². The molecule has 1 heterocycles. The molecule has 26 heavy (non-hydrogen) atoms. The molecule has 2 aromatic carbocycles. The molecule has 0 bridgehead atoms. The topological polar surface area (TPSA) is 75.6 Å². The molecule has 1 atom stereocenters. The van der Waals surface area contributed by atoms with E-state index in [2.05, 4.69) is 5.32 Å². The van der Waals surface area contributed by atoms with Crippen LogP contribution < -0.4 is 5.32 Å². The highest BCUT2D eigenvalue weighted by atomic mass is 19.1. The minimum absolute atomic E-state index is 0.0698. The number of carbonyl (C=O) groups is 2. The summed E-state index contributed by atoms with van der Waals surface area (Å²) in [6.45, 7) is 0.403. The Balaban J connectivity index is 1.81. The molecule has 5 nitrogen and oxygen atoms in total. The smallest absolute Gasteiger partial charge is 0.305 e. The molecule has 0 radical (unpaired) electrons. The molecule has 136 valence electrons. The first-order valence-electron chi connectivity index (χ1n) is 8.06. The molecule has 0 aromatic heterocycles. The molecule has 1 aliphatic rings. The van der Waals surface area contributed by atoms with Gasteiger partial charge in [0.1, 0.15) is 11.6 Å². The molecule has 0 aliphatic carbocycles. The Kier molecular flexibility index (Phi) is 4.99. The van der Waals surface area contributed by atoms with E-state index in [9.17, 15) is 18.4 Å². The molecule has 0 spiro atoms. The van der Waals surface area contributed by atoms with Gasteiger partial charge in [-0.25, -0.2) is 8.78 Å². The highest BCUT2D eigenvalue weighted by Gasteiger charge is 2.39. The van der Waals surface area contributed by atoms with Crippen LogP contribution in [0.3, 0.4) is 0 Å². The Hall–Kier alpha value is -2.80. The van der Waals surface area contributed by atoms with Crippen molar-refractivity contribution in [2.75, 3.05) is 13.2 Å². The Morgan fingerprint density at radius 3 is 2.38 bits per heavy atom. The van der Waals surface area contributed by atoms with Gasteiger partial charge in [0.15, 0.2) is 0 Å². The van der Waals surface area contributed by atoms with Crippen LogP contribution in [0.2, 0.25) is 0 Å². The predicted molar refractivity (Wildman–Crippen MR) is 89.7 cm³/mol. The van der Waals surface area contributed by atoms with Crippen molar-refractivity contribution in [3.63, 3.8) is 0 Å². The van der Waals surface area contributed by atoms with Crippen molar-refractivity contribution in [3.8, 4) is 11.1 Å². The summed E-state index contributed by atoms with van der Waals surface area (Å²) in [5.41, 5.74) is -0.106. The van der Waals surface area contributed by atoms with Gasteiger partial charge >= 0.3 is 5.97 Å². The summed E-state index contributed by atoms with van der Waals surface area (Å²) in [6.07, 6.45) is 0.0499. The molecule has 0 saturated carbocycles. The fraction of sp³-hybridized carbons (Fsp3) is 0.263. The molecule has 2 aromatic rings. The first-order valence-corrected chi connectivity index (χ1v) is 8.06. The maximum Gasteiger partial charge on any atom is 0.305 e. The summed E-state index contributed by atoms with van der Waals surface area (Å²) in [4.78, 5) is 23.5. The summed E-state index contributed by atoms with van der Waals surface area (Å²) >= 11 is 0. The van der Waals surface area contributed by atoms with Crippen molar-refractivity contribution in [2.24, 2.45) is 0 Å². The largest absolute Gasteiger partial charge is 0.481 e. The molecule has 3 rings (SSSR count). The summed E-state index contributed by atoms with van der Waals surface area (Å²) in [5.74, 6) is -2.90. The molecular formula is C19H17F2NO4. The van der Waals surface area contributed by atoms with Crippen LogP contribution in [0.25, 0.3) is 11.1 Å². The quantitative estimate of drug-likeness (QED) is 0.859. The molecule has 1 fully saturated rings. The van der Waals surface area contributed by atoms with Gasteiger partial charge in [-0.3, -0.25) is 9.59 Å². The summed E-state index contributed by atoms with van der Waals surface area (Å²) in [7, 11) is 0. The predicted octanol–water partition coefficient (Wildman–Crippen LogP) is 3.00. The molecule has 1 aliphatic heterocycles. The van der Waals surface area contributed by atoms with Crippen molar-refractivity contribution in [2.45, 2.75) is 18.4 Å². The Morgan fingerprint density at radius 1 is 1.12 bits per heavy atom. The van der Waals surface area contributed by atoms with Crippen LogP contribution >= 0.6 is 0 Å². The van der Waals surface area contributed by atoms with E-state index >= 15 is 0 Å². The monoisotopic (exact) mass is 361 g/mol. The number of carbonyl (C=O) groups excluding carboxylic acids is 1. The Bertz CT molecular complexity index is 830. The van der Waals surface area contributed by atoms with Gasteiger partial charge in [0.25, 0.3) is 5.91 Å². The molecule has 7 heteroatoms. The van der Waals surface area contributed by atoms with E-state index in [0.717, 1.165) is 0 Å². The third-order valence-corrected chi connectivity index (χ3v) is 4.36. The number of amides is 1. The van der Waals surface area contributed by atoms with Crippen LogP contribution in [0.1, 0.15) is 23.2 Å². The molecular weight excluding hydrogens is 344 g/mol. The molecule has 1 unspecified atom stereocenters. The fourth-order valence-electron chi connectivity index (χ4n) is 3.01. The zero-order valence-electron chi connectivity index (χ0n) is 13.8. The second-order valence-electron chi connectivity index (χ2n) is 6.31. The minimum atomic E-state index is -1.07. The minimum Gasteiger partial charge on any atom is -0.481 e. The number of carboxylic acids is 1. The van der Waals surface area contributed by atoms with Gasteiger partial charge in [0, 0.05) is 6.61 Å².